The quantitative estimate of drug-likeness (QED) is 0.225. The van der Waals surface area contributed by atoms with Crippen molar-refractivity contribution in [2.45, 2.75) is 129 Å². The minimum absolute atomic E-state index is 0.164. The maximum Gasteiger partial charge on any atom is 0.326 e. The normalized spacial score (nSPS) is 11.7. The molecule has 0 heterocycles. The van der Waals surface area contributed by atoms with Crippen molar-refractivity contribution >= 4 is 5.97 Å². The van der Waals surface area contributed by atoms with E-state index in [-0.39, 0.29) is 5.97 Å². The van der Waals surface area contributed by atoms with E-state index in [4.69, 9.17) is 10.5 Å². The molecule has 0 aliphatic carbocycles. The highest BCUT2D eigenvalue weighted by molar-refractivity contribution is 5.80. The van der Waals surface area contributed by atoms with Gasteiger partial charge in [-0.3, -0.25) is 4.79 Å². The molecule has 3 nitrogen and oxygen atoms in total. The molecule has 0 spiro atoms. The summed E-state index contributed by atoms with van der Waals surface area (Å²) in [6, 6.07) is 0. The second-order valence-corrected chi connectivity index (χ2v) is 7.68. The highest BCUT2D eigenvalue weighted by Gasteiger charge is 2.34. The van der Waals surface area contributed by atoms with Crippen LogP contribution >= 0.6 is 0 Å². The lowest BCUT2D eigenvalue weighted by Crippen LogP contribution is -2.49. The first-order chi connectivity index (χ1) is 12.1. The minimum atomic E-state index is -0.761. The molecule has 0 radical (unpaired) electrons. The van der Waals surface area contributed by atoms with E-state index in [9.17, 15) is 4.79 Å². The summed E-state index contributed by atoms with van der Waals surface area (Å²) in [6.07, 6.45) is 18.2. The number of carbonyl (C=O) groups is 1. The summed E-state index contributed by atoms with van der Waals surface area (Å²) in [6.45, 7) is 7.09. The van der Waals surface area contributed by atoms with Crippen molar-refractivity contribution in [3.05, 3.63) is 0 Å². The zero-order chi connectivity index (χ0) is 18.8. The Kier molecular flexibility index (Phi) is 16.5. The number of unbranched alkanes of at least 4 members (excludes halogenated alkanes) is 11. The van der Waals surface area contributed by atoms with Crippen molar-refractivity contribution in [1.29, 1.82) is 0 Å². The molecule has 0 amide bonds. The van der Waals surface area contributed by atoms with E-state index in [0.29, 0.717) is 6.61 Å². The van der Waals surface area contributed by atoms with Gasteiger partial charge in [-0.05, 0) is 19.3 Å². The number of ether oxygens (including phenoxy) is 1. The van der Waals surface area contributed by atoms with Crippen LogP contribution in [0.3, 0.4) is 0 Å². The number of carbonyl (C=O) groups excluding carboxylic acids is 1. The monoisotopic (exact) mass is 355 g/mol. The molecule has 0 saturated heterocycles. The smallest absolute Gasteiger partial charge is 0.326 e. The van der Waals surface area contributed by atoms with Crippen LogP contribution in [0, 0.1) is 0 Å². The first-order valence-corrected chi connectivity index (χ1v) is 11.1. The van der Waals surface area contributed by atoms with Crippen molar-refractivity contribution in [3.63, 3.8) is 0 Å². The largest absolute Gasteiger partial charge is 0.464 e. The molecule has 0 atom stereocenters. The zero-order valence-corrected chi connectivity index (χ0v) is 17.4. The Morgan fingerprint density at radius 2 is 1.08 bits per heavy atom. The van der Waals surface area contributed by atoms with Crippen LogP contribution in [0.15, 0.2) is 0 Å². The van der Waals surface area contributed by atoms with Crippen LogP contribution in [0.4, 0.5) is 0 Å². The predicted molar refractivity (Wildman–Crippen MR) is 109 cm³/mol. The van der Waals surface area contributed by atoms with Crippen molar-refractivity contribution in [2.24, 2.45) is 5.73 Å². The number of nitrogens with two attached hydrogens (primary N) is 1. The molecule has 0 saturated carbocycles. The topological polar surface area (TPSA) is 52.3 Å². The van der Waals surface area contributed by atoms with Crippen LogP contribution < -0.4 is 5.73 Å². The Labute approximate surface area is 157 Å². The van der Waals surface area contributed by atoms with Crippen LogP contribution in [-0.4, -0.2) is 18.1 Å². The Morgan fingerprint density at radius 1 is 0.680 bits per heavy atom. The summed E-state index contributed by atoms with van der Waals surface area (Å²) >= 11 is 0. The number of hydrogen-bond donors (Lipinski definition) is 1. The van der Waals surface area contributed by atoms with Gasteiger partial charge in [-0.2, -0.15) is 0 Å². The highest BCUT2D eigenvalue weighted by atomic mass is 16.5. The molecule has 3 heteroatoms. The standard InChI is InChI=1S/C22H45NO2/c1-4-7-10-12-14-16-18-22(23,21(24)25-20-9-6-3)19-17-15-13-11-8-5-2/h4-20,23H2,1-3H3. The fourth-order valence-electron chi connectivity index (χ4n) is 3.22. The predicted octanol–water partition coefficient (Wildman–Crippen LogP) is 6.53. The van der Waals surface area contributed by atoms with Gasteiger partial charge in [0.25, 0.3) is 0 Å². The van der Waals surface area contributed by atoms with Gasteiger partial charge >= 0.3 is 5.97 Å². The lowest BCUT2D eigenvalue weighted by Gasteiger charge is -2.27. The van der Waals surface area contributed by atoms with Crippen molar-refractivity contribution < 1.29 is 9.53 Å². The molecular formula is C22H45NO2. The van der Waals surface area contributed by atoms with Crippen LogP contribution in [0.5, 0.6) is 0 Å². The molecule has 0 aromatic rings. The fourth-order valence-corrected chi connectivity index (χ4v) is 3.22. The second kappa shape index (κ2) is 16.9. The van der Waals surface area contributed by atoms with Gasteiger partial charge in [-0.15, -0.1) is 0 Å². The van der Waals surface area contributed by atoms with Crippen LogP contribution in [0.1, 0.15) is 124 Å². The molecule has 2 N–H and O–H groups in total. The molecular weight excluding hydrogens is 310 g/mol. The second-order valence-electron chi connectivity index (χ2n) is 7.68. The molecule has 0 unspecified atom stereocenters. The van der Waals surface area contributed by atoms with E-state index >= 15 is 0 Å². The van der Waals surface area contributed by atoms with Gasteiger partial charge in [-0.25, -0.2) is 0 Å². The number of rotatable bonds is 18. The molecule has 0 rings (SSSR count). The van der Waals surface area contributed by atoms with Crippen LogP contribution in [0.25, 0.3) is 0 Å². The maximum absolute atomic E-state index is 12.5. The SMILES string of the molecule is CCCCCCCCC(N)(CCCCCCCC)C(=O)OCCCC. The Morgan fingerprint density at radius 3 is 1.52 bits per heavy atom. The summed E-state index contributed by atoms with van der Waals surface area (Å²) < 4.78 is 5.47. The lowest BCUT2D eigenvalue weighted by molar-refractivity contribution is -0.151. The van der Waals surface area contributed by atoms with Crippen molar-refractivity contribution in [1.82, 2.24) is 0 Å². The van der Waals surface area contributed by atoms with Gasteiger partial charge in [0.1, 0.15) is 5.54 Å². The van der Waals surface area contributed by atoms with Crippen LogP contribution in [-0.2, 0) is 9.53 Å². The van der Waals surface area contributed by atoms with Gasteiger partial charge in [0.05, 0.1) is 6.61 Å². The van der Waals surface area contributed by atoms with E-state index < -0.39 is 5.54 Å². The van der Waals surface area contributed by atoms with E-state index in [1.54, 1.807) is 0 Å². The molecule has 0 aliphatic rings. The zero-order valence-electron chi connectivity index (χ0n) is 17.4. The molecule has 0 aromatic heterocycles. The number of esters is 1. The first kappa shape index (κ1) is 24.4. The van der Waals surface area contributed by atoms with E-state index in [2.05, 4.69) is 20.8 Å². The van der Waals surface area contributed by atoms with Crippen LogP contribution in [0.2, 0.25) is 0 Å². The molecule has 0 fully saturated rings. The summed E-state index contributed by atoms with van der Waals surface area (Å²) in [7, 11) is 0. The third-order valence-corrected chi connectivity index (χ3v) is 5.09. The summed E-state index contributed by atoms with van der Waals surface area (Å²) in [4.78, 5) is 12.5. The summed E-state index contributed by atoms with van der Waals surface area (Å²) in [5, 5.41) is 0. The minimum Gasteiger partial charge on any atom is -0.464 e. The molecule has 0 bridgehead atoms. The van der Waals surface area contributed by atoms with Gasteiger partial charge in [-0.1, -0.05) is 104 Å². The van der Waals surface area contributed by atoms with E-state index in [1.807, 2.05) is 0 Å². The molecule has 25 heavy (non-hydrogen) atoms. The van der Waals surface area contributed by atoms with E-state index in [0.717, 1.165) is 38.5 Å². The van der Waals surface area contributed by atoms with Gasteiger partial charge in [0.2, 0.25) is 0 Å². The summed E-state index contributed by atoms with van der Waals surface area (Å²) in [5.41, 5.74) is 5.77. The van der Waals surface area contributed by atoms with Crippen molar-refractivity contribution in [3.8, 4) is 0 Å². The molecule has 0 aliphatic heterocycles. The van der Waals surface area contributed by atoms with E-state index in [1.165, 1.54) is 64.2 Å². The molecule has 0 aromatic carbocycles. The Hall–Kier alpha value is -0.570. The average molecular weight is 356 g/mol. The fraction of sp³-hybridized carbons (Fsp3) is 0.955. The lowest BCUT2D eigenvalue weighted by atomic mass is 9.87. The third-order valence-electron chi connectivity index (χ3n) is 5.09. The average Bonchev–Trinajstić information content (AvgIpc) is 2.61. The highest BCUT2D eigenvalue weighted by Crippen LogP contribution is 2.23. The number of hydrogen-bond acceptors (Lipinski definition) is 3. The Balaban J connectivity index is 4.25. The molecule has 150 valence electrons. The van der Waals surface area contributed by atoms with Crippen molar-refractivity contribution in [2.75, 3.05) is 6.61 Å². The van der Waals surface area contributed by atoms with Gasteiger partial charge in [0.15, 0.2) is 0 Å². The third kappa shape index (κ3) is 13.3. The summed E-state index contributed by atoms with van der Waals surface area (Å²) in [5.74, 6) is -0.164. The first-order valence-electron chi connectivity index (χ1n) is 11.1. The van der Waals surface area contributed by atoms with Gasteiger partial charge < -0.3 is 10.5 Å². The van der Waals surface area contributed by atoms with Gasteiger partial charge in [0, 0.05) is 0 Å². The maximum atomic E-state index is 12.5. The Bertz CT molecular complexity index is 288.